The topological polar surface area (TPSA) is 70.2 Å². The maximum atomic E-state index is 13.6. The number of anilines is 2. The molecule has 0 fully saturated rings. The largest absolute Gasteiger partial charge is 0.376 e. The molecule has 0 spiro atoms. The Bertz CT molecular complexity index is 1010. The number of carbonyl (C=O) groups is 2. The molecular formula is C22H19ClFN3O2. The highest BCUT2D eigenvalue weighted by molar-refractivity contribution is 6.30. The third-order valence-corrected chi connectivity index (χ3v) is 4.34. The molecule has 3 rings (SSSR count). The minimum atomic E-state index is -0.358. The Labute approximate surface area is 172 Å². The van der Waals surface area contributed by atoms with E-state index in [9.17, 15) is 14.0 Å². The van der Waals surface area contributed by atoms with Gasteiger partial charge in [-0.05, 0) is 48.5 Å². The molecule has 3 aromatic carbocycles. The number of benzene rings is 3. The zero-order valence-corrected chi connectivity index (χ0v) is 16.2. The van der Waals surface area contributed by atoms with Crippen LogP contribution in [0.4, 0.5) is 15.8 Å². The summed E-state index contributed by atoms with van der Waals surface area (Å²) in [4.78, 5) is 24.2. The highest BCUT2D eigenvalue weighted by Crippen LogP contribution is 2.15. The fraction of sp³-hybridized carbons (Fsp3) is 0.0909. The normalized spacial score (nSPS) is 10.3. The van der Waals surface area contributed by atoms with Gasteiger partial charge in [0.25, 0.3) is 5.91 Å². The molecule has 3 N–H and O–H groups in total. The lowest BCUT2D eigenvalue weighted by molar-refractivity contribution is -0.114. The van der Waals surface area contributed by atoms with E-state index < -0.39 is 0 Å². The van der Waals surface area contributed by atoms with Gasteiger partial charge >= 0.3 is 0 Å². The predicted molar refractivity (Wildman–Crippen MR) is 113 cm³/mol. The van der Waals surface area contributed by atoms with Crippen molar-refractivity contribution in [2.24, 2.45) is 0 Å². The van der Waals surface area contributed by atoms with Crippen molar-refractivity contribution in [2.75, 3.05) is 17.2 Å². The number of nitrogens with one attached hydrogen (secondary N) is 3. The summed E-state index contributed by atoms with van der Waals surface area (Å²) in [6.07, 6.45) is 0. The fourth-order valence-electron chi connectivity index (χ4n) is 2.61. The molecule has 0 saturated carbocycles. The van der Waals surface area contributed by atoms with Gasteiger partial charge in [0, 0.05) is 34.1 Å². The molecule has 2 amide bonds. The highest BCUT2D eigenvalue weighted by atomic mass is 35.5. The van der Waals surface area contributed by atoms with Gasteiger partial charge in [-0.25, -0.2) is 4.39 Å². The van der Waals surface area contributed by atoms with E-state index in [1.807, 2.05) is 0 Å². The number of halogens is 2. The van der Waals surface area contributed by atoms with E-state index in [-0.39, 0.29) is 30.7 Å². The average molecular weight is 412 g/mol. The summed E-state index contributed by atoms with van der Waals surface area (Å²) >= 11 is 5.89. The monoisotopic (exact) mass is 411 g/mol. The number of hydrogen-bond acceptors (Lipinski definition) is 3. The van der Waals surface area contributed by atoms with Gasteiger partial charge in [-0.1, -0.05) is 35.9 Å². The van der Waals surface area contributed by atoms with Crippen LogP contribution in [0.2, 0.25) is 5.02 Å². The van der Waals surface area contributed by atoms with Crippen molar-refractivity contribution >= 4 is 34.8 Å². The lowest BCUT2D eigenvalue weighted by atomic mass is 10.1. The summed E-state index contributed by atoms with van der Waals surface area (Å²) in [6, 6.07) is 19.8. The van der Waals surface area contributed by atoms with Gasteiger partial charge in [-0.15, -0.1) is 0 Å². The van der Waals surface area contributed by atoms with Crippen molar-refractivity contribution in [3.8, 4) is 0 Å². The van der Waals surface area contributed by atoms with E-state index in [4.69, 9.17) is 11.6 Å². The van der Waals surface area contributed by atoms with Crippen LogP contribution in [0.3, 0.4) is 0 Å². The van der Waals surface area contributed by atoms with Crippen LogP contribution in [0, 0.1) is 5.82 Å². The van der Waals surface area contributed by atoms with E-state index >= 15 is 0 Å². The molecule has 7 heteroatoms. The molecule has 0 unspecified atom stereocenters. The number of rotatable bonds is 7. The molecule has 0 aliphatic rings. The van der Waals surface area contributed by atoms with Crippen molar-refractivity contribution in [1.29, 1.82) is 0 Å². The van der Waals surface area contributed by atoms with Crippen molar-refractivity contribution < 1.29 is 14.0 Å². The predicted octanol–water partition coefficient (Wildman–Crippen LogP) is 4.46. The van der Waals surface area contributed by atoms with E-state index in [1.54, 1.807) is 66.7 Å². The molecule has 148 valence electrons. The Balaban J connectivity index is 1.48. The van der Waals surface area contributed by atoms with Gasteiger partial charge in [-0.2, -0.15) is 0 Å². The van der Waals surface area contributed by atoms with Crippen LogP contribution < -0.4 is 16.0 Å². The molecule has 0 aromatic heterocycles. The van der Waals surface area contributed by atoms with Crippen molar-refractivity contribution in [3.63, 3.8) is 0 Å². The molecule has 0 bridgehead atoms. The number of hydrogen-bond donors (Lipinski definition) is 3. The van der Waals surface area contributed by atoms with Gasteiger partial charge in [0.1, 0.15) is 5.82 Å². The van der Waals surface area contributed by atoms with Crippen LogP contribution in [-0.4, -0.2) is 18.4 Å². The number of amides is 2. The Morgan fingerprint density at radius 2 is 1.66 bits per heavy atom. The maximum Gasteiger partial charge on any atom is 0.251 e. The summed E-state index contributed by atoms with van der Waals surface area (Å²) in [6.45, 7) is 0.167. The number of carbonyl (C=O) groups excluding carboxylic acids is 2. The van der Waals surface area contributed by atoms with E-state index in [1.165, 1.54) is 6.07 Å². The molecule has 0 aliphatic carbocycles. The summed E-state index contributed by atoms with van der Waals surface area (Å²) < 4.78 is 13.6. The van der Waals surface area contributed by atoms with E-state index in [0.717, 1.165) is 0 Å². The van der Waals surface area contributed by atoms with Gasteiger partial charge in [0.05, 0.1) is 6.54 Å². The zero-order valence-electron chi connectivity index (χ0n) is 15.4. The van der Waals surface area contributed by atoms with Crippen LogP contribution in [0.5, 0.6) is 0 Å². The Hall–Kier alpha value is -3.38. The second kappa shape index (κ2) is 9.71. The van der Waals surface area contributed by atoms with Crippen LogP contribution in [0.15, 0.2) is 72.8 Å². The summed E-state index contributed by atoms with van der Waals surface area (Å²) in [5, 5.41) is 8.95. The third kappa shape index (κ3) is 6.05. The summed E-state index contributed by atoms with van der Waals surface area (Å²) in [7, 11) is 0. The molecule has 3 aromatic rings. The van der Waals surface area contributed by atoms with Crippen molar-refractivity contribution in [2.45, 2.75) is 6.54 Å². The van der Waals surface area contributed by atoms with Gasteiger partial charge in [0.15, 0.2) is 0 Å². The van der Waals surface area contributed by atoms with Gasteiger partial charge in [0.2, 0.25) is 5.91 Å². The average Bonchev–Trinajstić information content (AvgIpc) is 2.72. The summed E-state index contributed by atoms with van der Waals surface area (Å²) in [5.74, 6) is -0.888. The second-order valence-electron chi connectivity index (χ2n) is 6.26. The third-order valence-electron chi connectivity index (χ3n) is 4.11. The first-order valence-corrected chi connectivity index (χ1v) is 9.30. The summed E-state index contributed by atoms with van der Waals surface area (Å²) in [5.41, 5.74) is 2.17. The Morgan fingerprint density at radius 3 is 2.38 bits per heavy atom. The van der Waals surface area contributed by atoms with Gasteiger partial charge in [-0.3, -0.25) is 9.59 Å². The molecule has 0 heterocycles. The molecule has 0 saturated heterocycles. The molecule has 29 heavy (non-hydrogen) atoms. The molecule has 0 radical (unpaired) electrons. The SMILES string of the molecule is O=C(CNc1ccc(C(=O)NCc2ccccc2F)cc1)Nc1cccc(Cl)c1. The first-order chi connectivity index (χ1) is 14.0. The maximum absolute atomic E-state index is 13.6. The standard InChI is InChI=1S/C22H19ClFN3O2/c23-17-5-3-6-19(12-17)27-21(28)14-25-18-10-8-15(9-11-18)22(29)26-13-16-4-1-2-7-20(16)24/h1-12,25H,13-14H2,(H,26,29)(H,27,28). The van der Waals surface area contributed by atoms with Crippen LogP contribution in [-0.2, 0) is 11.3 Å². The lowest BCUT2D eigenvalue weighted by Gasteiger charge is -2.09. The molecule has 5 nitrogen and oxygen atoms in total. The Kier molecular flexibility index (Phi) is 6.81. The van der Waals surface area contributed by atoms with Crippen LogP contribution in [0.25, 0.3) is 0 Å². The molecule has 0 aliphatic heterocycles. The fourth-order valence-corrected chi connectivity index (χ4v) is 2.80. The van der Waals surface area contributed by atoms with Crippen LogP contribution in [0.1, 0.15) is 15.9 Å². The van der Waals surface area contributed by atoms with Crippen molar-refractivity contribution in [3.05, 3.63) is 94.8 Å². The van der Waals surface area contributed by atoms with E-state index in [2.05, 4.69) is 16.0 Å². The second-order valence-corrected chi connectivity index (χ2v) is 6.70. The first-order valence-electron chi connectivity index (χ1n) is 8.92. The van der Waals surface area contributed by atoms with E-state index in [0.29, 0.717) is 27.5 Å². The van der Waals surface area contributed by atoms with Gasteiger partial charge < -0.3 is 16.0 Å². The smallest absolute Gasteiger partial charge is 0.251 e. The first kappa shape index (κ1) is 20.4. The molecular weight excluding hydrogens is 393 g/mol. The minimum absolute atomic E-state index is 0.0609. The molecule has 0 atom stereocenters. The minimum Gasteiger partial charge on any atom is -0.376 e. The lowest BCUT2D eigenvalue weighted by Crippen LogP contribution is -2.23. The quantitative estimate of drug-likeness (QED) is 0.537. The van der Waals surface area contributed by atoms with Crippen LogP contribution >= 0.6 is 11.6 Å². The van der Waals surface area contributed by atoms with Crippen molar-refractivity contribution in [1.82, 2.24) is 5.32 Å². The highest BCUT2D eigenvalue weighted by Gasteiger charge is 2.08. The Morgan fingerprint density at radius 1 is 0.897 bits per heavy atom. The zero-order chi connectivity index (χ0) is 20.6.